The molecular formula is C13H15ClN4S. The fraction of sp³-hybridized carbons (Fsp3) is 0.231. The van der Waals surface area contributed by atoms with Gasteiger partial charge in [0.25, 0.3) is 0 Å². The Morgan fingerprint density at radius 3 is 3.00 bits per heavy atom. The molecule has 0 atom stereocenters. The molecule has 4 nitrogen and oxygen atoms in total. The molecule has 100 valence electrons. The largest absolute Gasteiger partial charge is 0.362 e. The van der Waals surface area contributed by atoms with Gasteiger partial charge in [-0.2, -0.15) is 5.10 Å². The van der Waals surface area contributed by atoms with Crippen molar-refractivity contribution in [3.63, 3.8) is 0 Å². The smallest absolute Gasteiger partial charge is 0.170 e. The number of hydrogen-bond acceptors (Lipinski definition) is 2. The van der Waals surface area contributed by atoms with Gasteiger partial charge in [0.05, 0.1) is 0 Å². The molecule has 1 heterocycles. The number of benzene rings is 1. The van der Waals surface area contributed by atoms with Gasteiger partial charge in [0.2, 0.25) is 0 Å². The molecule has 2 N–H and O–H groups in total. The van der Waals surface area contributed by atoms with Crippen LogP contribution in [0.5, 0.6) is 0 Å². The van der Waals surface area contributed by atoms with Crippen LogP contribution in [0.4, 0.5) is 5.69 Å². The van der Waals surface area contributed by atoms with Gasteiger partial charge in [0, 0.05) is 36.2 Å². The molecule has 0 fully saturated rings. The van der Waals surface area contributed by atoms with Crippen LogP contribution < -0.4 is 10.6 Å². The summed E-state index contributed by atoms with van der Waals surface area (Å²) >= 11 is 11.1. The van der Waals surface area contributed by atoms with Gasteiger partial charge < -0.3 is 10.6 Å². The summed E-state index contributed by atoms with van der Waals surface area (Å²) < 4.78 is 1.90. The monoisotopic (exact) mass is 294 g/mol. The Bertz CT molecular complexity index is 527. The second-order valence-electron chi connectivity index (χ2n) is 4.01. The van der Waals surface area contributed by atoms with Gasteiger partial charge in [-0.15, -0.1) is 0 Å². The van der Waals surface area contributed by atoms with Crippen molar-refractivity contribution in [2.24, 2.45) is 0 Å². The summed E-state index contributed by atoms with van der Waals surface area (Å²) in [4.78, 5) is 0. The first kappa shape index (κ1) is 13.8. The lowest BCUT2D eigenvalue weighted by molar-refractivity contribution is 0.574. The summed E-state index contributed by atoms with van der Waals surface area (Å²) in [6, 6.07) is 9.37. The number of anilines is 1. The molecule has 0 unspecified atom stereocenters. The SMILES string of the molecule is S=C(NCCCn1cccn1)Nc1cccc(Cl)c1. The van der Waals surface area contributed by atoms with E-state index in [4.69, 9.17) is 23.8 Å². The molecule has 0 radical (unpaired) electrons. The van der Waals surface area contributed by atoms with Crippen molar-refractivity contribution in [3.8, 4) is 0 Å². The van der Waals surface area contributed by atoms with E-state index in [0.29, 0.717) is 10.1 Å². The van der Waals surface area contributed by atoms with Crippen LogP contribution in [0.3, 0.4) is 0 Å². The molecular weight excluding hydrogens is 280 g/mol. The number of aryl methyl sites for hydroxylation is 1. The third-order valence-electron chi connectivity index (χ3n) is 2.49. The molecule has 1 aromatic carbocycles. The molecule has 0 saturated carbocycles. The topological polar surface area (TPSA) is 41.9 Å². The Labute approximate surface area is 122 Å². The summed E-state index contributed by atoms with van der Waals surface area (Å²) in [6.07, 6.45) is 4.68. The lowest BCUT2D eigenvalue weighted by Crippen LogP contribution is -2.29. The Morgan fingerprint density at radius 2 is 2.26 bits per heavy atom. The molecule has 0 aliphatic carbocycles. The van der Waals surface area contributed by atoms with E-state index in [1.807, 2.05) is 41.2 Å². The van der Waals surface area contributed by atoms with Crippen LogP contribution in [0.15, 0.2) is 42.7 Å². The quantitative estimate of drug-likeness (QED) is 0.657. The minimum atomic E-state index is 0.600. The second-order valence-corrected chi connectivity index (χ2v) is 4.86. The van der Waals surface area contributed by atoms with Crippen LogP contribution in [0.25, 0.3) is 0 Å². The van der Waals surface area contributed by atoms with Crippen LogP contribution in [-0.4, -0.2) is 21.4 Å². The predicted molar refractivity (Wildman–Crippen MR) is 82.5 cm³/mol. The fourth-order valence-corrected chi connectivity index (χ4v) is 2.03. The number of thiocarbonyl (C=S) groups is 1. The summed E-state index contributed by atoms with van der Waals surface area (Å²) in [5.41, 5.74) is 0.886. The zero-order chi connectivity index (χ0) is 13.5. The van der Waals surface area contributed by atoms with Crippen LogP contribution in [0, 0.1) is 0 Å². The van der Waals surface area contributed by atoms with Crippen molar-refractivity contribution >= 4 is 34.6 Å². The molecule has 0 spiro atoms. The maximum atomic E-state index is 5.90. The highest BCUT2D eigenvalue weighted by molar-refractivity contribution is 7.80. The predicted octanol–water partition coefficient (Wildman–Crippen LogP) is 2.91. The van der Waals surface area contributed by atoms with E-state index in [-0.39, 0.29) is 0 Å². The van der Waals surface area contributed by atoms with Crippen molar-refractivity contribution in [2.75, 3.05) is 11.9 Å². The molecule has 1 aromatic heterocycles. The summed E-state index contributed by atoms with van der Waals surface area (Å²) in [7, 11) is 0. The van der Waals surface area contributed by atoms with Crippen LogP contribution in [-0.2, 0) is 6.54 Å². The number of aromatic nitrogens is 2. The maximum Gasteiger partial charge on any atom is 0.170 e. The summed E-state index contributed by atoms with van der Waals surface area (Å²) in [5, 5.41) is 11.7. The maximum absolute atomic E-state index is 5.90. The number of rotatable bonds is 5. The van der Waals surface area contributed by atoms with Gasteiger partial charge in [0.15, 0.2) is 5.11 Å². The zero-order valence-electron chi connectivity index (χ0n) is 10.3. The normalized spacial score (nSPS) is 10.2. The number of hydrogen-bond donors (Lipinski definition) is 2. The Kier molecular flexibility index (Phi) is 5.18. The molecule has 0 bridgehead atoms. The molecule has 6 heteroatoms. The van der Waals surface area contributed by atoms with E-state index in [9.17, 15) is 0 Å². The Morgan fingerprint density at radius 1 is 1.37 bits per heavy atom. The number of halogens is 1. The standard InChI is InChI=1S/C13H15ClN4S/c14-11-4-1-5-12(10-11)17-13(19)15-6-2-8-18-9-3-7-16-18/h1,3-5,7,9-10H,2,6,8H2,(H2,15,17,19). The summed E-state index contributed by atoms with van der Waals surface area (Å²) in [5.74, 6) is 0. The molecule has 0 saturated heterocycles. The first-order valence-corrected chi connectivity index (χ1v) is 6.80. The van der Waals surface area contributed by atoms with Gasteiger partial charge in [-0.05, 0) is 42.9 Å². The average molecular weight is 295 g/mol. The van der Waals surface area contributed by atoms with E-state index in [0.717, 1.165) is 25.2 Å². The van der Waals surface area contributed by atoms with Crippen molar-refractivity contribution in [2.45, 2.75) is 13.0 Å². The Balaban J connectivity index is 1.67. The number of nitrogens with one attached hydrogen (secondary N) is 2. The first-order chi connectivity index (χ1) is 9.24. The van der Waals surface area contributed by atoms with E-state index in [1.54, 1.807) is 6.20 Å². The van der Waals surface area contributed by atoms with Crippen LogP contribution in [0.1, 0.15) is 6.42 Å². The highest BCUT2D eigenvalue weighted by atomic mass is 35.5. The number of nitrogens with zero attached hydrogens (tertiary/aromatic N) is 2. The highest BCUT2D eigenvalue weighted by Gasteiger charge is 1.98. The van der Waals surface area contributed by atoms with Gasteiger partial charge in [-0.1, -0.05) is 17.7 Å². The van der Waals surface area contributed by atoms with E-state index in [1.165, 1.54) is 0 Å². The van der Waals surface area contributed by atoms with E-state index >= 15 is 0 Å². The minimum Gasteiger partial charge on any atom is -0.362 e. The third kappa shape index (κ3) is 4.89. The van der Waals surface area contributed by atoms with Crippen molar-refractivity contribution < 1.29 is 0 Å². The lowest BCUT2D eigenvalue weighted by atomic mass is 10.3. The molecule has 0 aliphatic heterocycles. The van der Waals surface area contributed by atoms with Crippen LogP contribution in [0.2, 0.25) is 5.02 Å². The van der Waals surface area contributed by atoms with Gasteiger partial charge in [-0.25, -0.2) is 0 Å². The molecule has 0 amide bonds. The molecule has 2 aromatic rings. The van der Waals surface area contributed by atoms with Gasteiger partial charge in [-0.3, -0.25) is 4.68 Å². The van der Waals surface area contributed by atoms with Gasteiger partial charge in [0.1, 0.15) is 0 Å². The van der Waals surface area contributed by atoms with Crippen molar-refractivity contribution in [1.82, 2.24) is 15.1 Å². The zero-order valence-corrected chi connectivity index (χ0v) is 11.9. The van der Waals surface area contributed by atoms with Crippen molar-refractivity contribution in [1.29, 1.82) is 0 Å². The minimum absolute atomic E-state index is 0.600. The van der Waals surface area contributed by atoms with E-state index < -0.39 is 0 Å². The molecule has 2 rings (SSSR count). The second kappa shape index (κ2) is 7.11. The van der Waals surface area contributed by atoms with Crippen molar-refractivity contribution in [3.05, 3.63) is 47.7 Å². The lowest BCUT2D eigenvalue weighted by Gasteiger charge is -2.10. The molecule has 19 heavy (non-hydrogen) atoms. The highest BCUT2D eigenvalue weighted by Crippen LogP contribution is 2.14. The van der Waals surface area contributed by atoms with Gasteiger partial charge >= 0.3 is 0 Å². The average Bonchev–Trinajstić information content (AvgIpc) is 2.88. The van der Waals surface area contributed by atoms with Crippen LogP contribution >= 0.6 is 23.8 Å². The molecule has 0 aliphatic rings. The first-order valence-electron chi connectivity index (χ1n) is 6.02. The Hall–Kier alpha value is -1.59. The van der Waals surface area contributed by atoms with E-state index in [2.05, 4.69) is 15.7 Å². The third-order valence-corrected chi connectivity index (χ3v) is 2.97. The fourth-order valence-electron chi connectivity index (χ4n) is 1.62. The summed E-state index contributed by atoms with van der Waals surface area (Å²) in [6.45, 7) is 1.67.